The van der Waals surface area contributed by atoms with Crippen LogP contribution in [0, 0.1) is 18.8 Å². The lowest BCUT2D eigenvalue weighted by Crippen LogP contribution is -2.17. The highest BCUT2D eigenvalue weighted by molar-refractivity contribution is 7.99. The van der Waals surface area contributed by atoms with Crippen molar-refractivity contribution in [2.75, 3.05) is 31.3 Å². The SMILES string of the molecule is CNc1nccc2cc(-c3c4c(nc(CCC5CCOCC5)c3-c3nnc(C)o3)C(C(C)C)CS4)oc12. The van der Waals surface area contributed by atoms with Crippen LogP contribution >= 0.6 is 11.8 Å². The summed E-state index contributed by atoms with van der Waals surface area (Å²) >= 11 is 1.86. The van der Waals surface area contributed by atoms with Gasteiger partial charge in [-0.1, -0.05) is 13.8 Å². The van der Waals surface area contributed by atoms with E-state index >= 15 is 0 Å². The minimum Gasteiger partial charge on any atom is -0.452 e. The molecule has 6 rings (SSSR count). The Balaban J connectivity index is 1.57. The van der Waals surface area contributed by atoms with Crippen molar-refractivity contribution in [1.82, 2.24) is 20.2 Å². The quantitative estimate of drug-likeness (QED) is 0.293. The first kappa shape index (κ1) is 24.4. The molecule has 2 aliphatic heterocycles. The average Bonchev–Trinajstić information content (AvgIpc) is 3.64. The Hall–Kier alpha value is -2.91. The van der Waals surface area contributed by atoms with E-state index in [9.17, 15) is 0 Å². The second-order valence-corrected chi connectivity index (χ2v) is 11.4. The summed E-state index contributed by atoms with van der Waals surface area (Å²) in [6, 6.07) is 4.09. The van der Waals surface area contributed by atoms with E-state index in [1.165, 1.54) is 5.69 Å². The van der Waals surface area contributed by atoms with E-state index in [4.69, 9.17) is 18.6 Å². The lowest BCUT2D eigenvalue weighted by molar-refractivity contribution is 0.0639. The van der Waals surface area contributed by atoms with Gasteiger partial charge < -0.3 is 18.9 Å². The van der Waals surface area contributed by atoms with Crippen LogP contribution in [0.3, 0.4) is 0 Å². The van der Waals surface area contributed by atoms with Crippen molar-refractivity contribution in [2.24, 2.45) is 11.8 Å². The number of fused-ring (bicyclic) bond motifs is 2. The van der Waals surface area contributed by atoms with E-state index < -0.39 is 0 Å². The fourth-order valence-corrected chi connectivity index (χ4v) is 7.06. The molecular weight excluding hydrogens is 486 g/mol. The number of aromatic nitrogens is 4. The molecule has 1 unspecified atom stereocenters. The molecule has 1 N–H and O–H groups in total. The van der Waals surface area contributed by atoms with Crippen molar-refractivity contribution < 1.29 is 13.6 Å². The first-order valence-electron chi connectivity index (χ1n) is 13.2. The van der Waals surface area contributed by atoms with Gasteiger partial charge in [-0.05, 0) is 49.7 Å². The van der Waals surface area contributed by atoms with Crippen LogP contribution in [-0.2, 0) is 11.2 Å². The zero-order valence-electron chi connectivity index (χ0n) is 21.8. The maximum Gasteiger partial charge on any atom is 0.250 e. The number of nitrogens with zero attached hydrogens (tertiary/aromatic N) is 4. The molecule has 9 heteroatoms. The molecule has 0 radical (unpaired) electrons. The first-order chi connectivity index (χ1) is 18.0. The number of nitrogens with one attached hydrogen (secondary N) is 1. The van der Waals surface area contributed by atoms with Gasteiger partial charge in [0, 0.05) is 60.9 Å². The van der Waals surface area contributed by atoms with Crippen LogP contribution in [0.5, 0.6) is 0 Å². The topological polar surface area (TPSA) is 99.1 Å². The Morgan fingerprint density at radius 3 is 2.70 bits per heavy atom. The predicted octanol–water partition coefficient (Wildman–Crippen LogP) is 6.49. The van der Waals surface area contributed by atoms with Crippen molar-refractivity contribution in [2.45, 2.75) is 57.3 Å². The van der Waals surface area contributed by atoms with E-state index in [-0.39, 0.29) is 0 Å². The lowest BCUT2D eigenvalue weighted by atomic mass is 9.89. The molecule has 0 spiro atoms. The van der Waals surface area contributed by atoms with Crippen molar-refractivity contribution in [3.63, 3.8) is 0 Å². The van der Waals surface area contributed by atoms with Gasteiger partial charge in [0.25, 0.3) is 0 Å². The molecule has 1 atom stereocenters. The normalized spacial score (nSPS) is 18.1. The fraction of sp³-hybridized carbons (Fsp3) is 0.500. The molecule has 0 aliphatic carbocycles. The van der Waals surface area contributed by atoms with E-state index in [2.05, 4.69) is 40.4 Å². The van der Waals surface area contributed by atoms with Crippen molar-refractivity contribution in [1.29, 1.82) is 0 Å². The van der Waals surface area contributed by atoms with Gasteiger partial charge >= 0.3 is 0 Å². The van der Waals surface area contributed by atoms with Crippen LogP contribution in [0.4, 0.5) is 5.82 Å². The van der Waals surface area contributed by atoms with Gasteiger partial charge in [0.2, 0.25) is 11.8 Å². The number of furan rings is 1. The maximum absolute atomic E-state index is 6.54. The van der Waals surface area contributed by atoms with Crippen molar-refractivity contribution >= 4 is 28.5 Å². The zero-order chi connectivity index (χ0) is 25.5. The minimum absolute atomic E-state index is 0.387. The molecular formula is C28H33N5O3S. The molecule has 2 aliphatic rings. The summed E-state index contributed by atoms with van der Waals surface area (Å²) in [5, 5.41) is 12.8. The number of hydrogen-bond acceptors (Lipinski definition) is 9. The van der Waals surface area contributed by atoms with Gasteiger partial charge in [0.1, 0.15) is 5.76 Å². The molecule has 8 nitrogen and oxygen atoms in total. The summed E-state index contributed by atoms with van der Waals surface area (Å²) in [6.45, 7) is 8.08. The zero-order valence-corrected chi connectivity index (χ0v) is 22.7. The van der Waals surface area contributed by atoms with Gasteiger partial charge in [-0.25, -0.2) is 4.98 Å². The molecule has 4 aromatic heterocycles. The minimum atomic E-state index is 0.387. The Labute approximate surface area is 221 Å². The summed E-state index contributed by atoms with van der Waals surface area (Å²) in [5.41, 5.74) is 4.85. The molecule has 1 fully saturated rings. The molecule has 0 saturated carbocycles. The Bertz CT molecular complexity index is 1420. The van der Waals surface area contributed by atoms with Crippen molar-refractivity contribution in [3.8, 4) is 22.8 Å². The maximum atomic E-state index is 6.54. The first-order valence-corrected chi connectivity index (χ1v) is 14.2. The third kappa shape index (κ3) is 4.52. The second kappa shape index (κ2) is 10.1. The van der Waals surface area contributed by atoms with E-state index in [1.54, 1.807) is 6.20 Å². The summed E-state index contributed by atoms with van der Waals surface area (Å²) in [5.74, 6) is 5.06. The van der Waals surface area contributed by atoms with Crippen LogP contribution in [0.25, 0.3) is 33.7 Å². The average molecular weight is 520 g/mol. The van der Waals surface area contributed by atoms with Crippen LogP contribution < -0.4 is 5.32 Å². The molecule has 0 bridgehead atoms. The van der Waals surface area contributed by atoms with Gasteiger partial charge in [0.15, 0.2) is 11.4 Å². The van der Waals surface area contributed by atoms with Gasteiger partial charge in [-0.2, -0.15) is 0 Å². The monoisotopic (exact) mass is 519 g/mol. The second-order valence-electron chi connectivity index (χ2n) is 10.3. The molecule has 6 heterocycles. The Kier molecular flexibility index (Phi) is 6.67. The lowest BCUT2D eigenvalue weighted by Gasteiger charge is -2.23. The summed E-state index contributed by atoms with van der Waals surface area (Å²) in [4.78, 5) is 11.0. The molecule has 194 valence electrons. The van der Waals surface area contributed by atoms with Gasteiger partial charge in [0.05, 0.1) is 17.0 Å². The highest BCUT2D eigenvalue weighted by Crippen LogP contribution is 2.52. The number of ether oxygens (including phenoxy) is 1. The smallest absolute Gasteiger partial charge is 0.250 e. The van der Waals surface area contributed by atoms with Gasteiger partial charge in [-0.3, -0.25) is 4.98 Å². The van der Waals surface area contributed by atoms with Crippen molar-refractivity contribution in [3.05, 3.63) is 35.6 Å². The summed E-state index contributed by atoms with van der Waals surface area (Å²) in [7, 11) is 1.86. The number of pyridine rings is 2. The Morgan fingerprint density at radius 1 is 1.14 bits per heavy atom. The van der Waals surface area contributed by atoms with E-state index in [0.29, 0.717) is 29.5 Å². The number of rotatable bonds is 7. The largest absolute Gasteiger partial charge is 0.452 e. The standard InChI is InChI=1S/C28H33N5O3S/c1-15(2)19-14-37-26-23(21-13-18-7-10-30-27(29-4)25(18)36-21)22(28-33-32-16(3)35-28)20(31-24(19)26)6-5-17-8-11-34-12-9-17/h7,10,13,15,17,19H,5-6,8-9,11-12,14H2,1-4H3,(H,29,30). The van der Waals surface area contributed by atoms with Crippen LogP contribution in [0.2, 0.25) is 0 Å². The number of hydrogen-bond donors (Lipinski definition) is 1. The van der Waals surface area contributed by atoms with Crippen LogP contribution in [0.1, 0.15) is 56.3 Å². The summed E-state index contributed by atoms with van der Waals surface area (Å²) < 4.78 is 18.2. The molecule has 0 aromatic carbocycles. The molecule has 37 heavy (non-hydrogen) atoms. The summed E-state index contributed by atoms with van der Waals surface area (Å²) in [6.07, 6.45) is 5.90. The number of aryl methyl sites for hydroxylation is 2. The Morgan fingerprint density at radius 2 is 1.97 bits per heavy atom. The third-order valence-corrected chi connectivity index (χ3v) is 8.83. The van der Waals surface area contributed by atoms with Crippen LogP contribution in [-0.4, -0.2) is 46.2 Å². The highest BCUT2D eigenvalue weighted by Gasteiger charge is 2.35. The fourth-order valence-electron chi connectivity index (χ4n) is 5.48. The van der Waals surface area contributed by atoms with E-state index in [1.807, 2.05) is 31.8 Å². The molecule has 4 aromatic rings. The molecule has 0 amide bonds. The van der Waals surface area contributed by atoms with Gasteiger partial charge in [-0.15, -0.1) is 22.0 Å². The predicted molar refractivity (Wildman–Crippen MR) is 145 cm³/mol. The molecule has 1 saturated heterocycles. The number of thioether (sulfide) groups is 1. The third-order valence-electron chi connectivity index (χ3n) is 7.60. The highest BCUT2D eigenvalue weighted by atomic mass is 32.2. The van der Waals surface area contributed by atoms with E-state index in [0.717, 1.165) is 88.9 Å². The number of anilines is 1. The van der Waals surface area contributed by atoms with Crippen LogP contribution in [0.15, 0.2) is 32.1 Å².